The first-order valence-corrected chi connectivity index (χ1v) is 8.91. The number of hydrogen-bond donors (Lipinski definition) is 2. The number of benzene rings is 2. The van der Waals surface area contributed by atoms with Crippen LogP contribution in [0.2, 0.25) is 10.0 Å². The SMILES string of the molecule is Cl.O=C(NC(c1ccc(Cl)cc1)c1ccc(Cl)cc1)C1CCNCC1. The van der Waals surface area contributed by atoms with E-state index in [1.165, 1.54) is 0 Å². The molecule has 2 aromatic carbocycles. The van der Waals surface area contributed by atoms with Crippen LogP contribution in [0.25, 0.3) is 0 Å². The molecule has 25 heavy (non-hydrogen) atoms. The van der Waals surface area contributed by atoms with E-state index in [0.29, 0.717) is 10.0 Å². The minimum atomic E-state index is -0.207. The fraction of sp³-hybridized carbons (Fsp3) is 0.316. The predicted octanol–water partition coefficient (Wildman–Crippen LogP) is 4.62. The Morgan fingerprint density at radius 1 is 0.920 bits per heavy atom. The van der Waals surface area contributed by atoms with Crippen molar-refractivity contribution >= 4 is 41.5 Å². The number of hydrogen-bond acceptors (Lipinski definition) is 2. The van der Waals surface area contributed by atoms with Crippen LogP contribution in [-0.2, 0) is 4.79 Å². The summed E-state index contributed by atoms with van der Waals surface area (Å²) < 4.78 is 0. The van der Waals surface area contributed by atoms with E-state index in [2.05, 4.69) is 10.6 Å². The quantitative estimate of drug-likeness (QED) is 0.787. The van der Waals surface area contributed by atoms with Gasteiger partial charge in [-0.3, -0.25) is 4.79 Å². The molecule has 1 aliphatic heterocycles. The fourth-order valence-corrected chi connectivity index (χ4v) is 3.27. The summed E-state index contributed by atoms with van der Waals surface area (Å²) in [5.41, 5.74) is 2.01. The second-order valence-electron chi connectivity index (χ2n) is 6.07. The lowest BCUT2D eigenvalue weighted by Crippen LogP contribution is -2.40. The van der Waals surface area contributed by atoms with Crippen LogP contribution >= 0.6 is 35.6 Å². The van der Waals surface area contributed by atoms with Gasteiger partial charge in [0.2, 0.25) is 5.91 Å². The van der Waals surface area contributed by atoms with Gasteiger partial charge >= 0.3 is 0 Å². The summed E-state index contributed by atoms with van der Waals surface area (Å²) in [6.07, 6.45) is 1.75. The Balaban J connectivity index is 0.00000225. The first kappa shape index (κ1) is 20.1. The Morgan fingerprint density at radius 2 is 1.36 bits per heavy atom. The zero-order valence-corrected chi connectivity index (χ0v) is 16.0. The molecular formula is C19H21Cl3N2O. The molecule has 0 radical (unpaired) electrons. The monoisotopic (exact) mass is 398 g/mol. The van der Waals surface area contributed by atoms with Crippen LogP contribution in [0.1, 0.15) is 30.0 Å². The normalized spacial score (nSPS) is 14.8. The summed E-state index contributed by atoms with van der Waals surface area (Å²) in [5, 5.41) is 7.85. The molecule has 0 spiro atoms. The molecule has 0 bridgehead atoms. The van der Waals surface area contributed by atoms with E-state index in [-0.39, 0.29) is 30.3 Å². The molecule has 0 aliphatic carbocycles. The Bertz CT molecular complexity index is 637. The largest absolute Gasteiger partial charge is 0.345 e. The molecule has 3 rings (SSSR count). The molecule has 1 aliphatic rings. The molecule has 6 heteroatoms. The van der Waals surface area contributed by atoms with Crippen molar-refractivity contribution in [3.8, 4) is 0 Å². The van der Waals surface area contributed by atoms with E-state index in [4.69, 9.17) is 23.2 Å². The van der Waals surface area contributed by atoms with Gasteiger partial charge in [0, 0.05) is 16.0 Å². The van der Waals surface area contributed by atoms with Gasteiger partial charge in [0.05, 0.1) is 6.04 Å². The van der Waals surface area contributed by atoms with Crippen molar-refractivity contribution < 1.29 is 4.79 Å². The van der Waals surface area contributed by atoms with Crippen LogP contribution in [0.3, 0.4) is 0 Å². The smallest absolute Gasteiger partial charge is 0.223 e. The second kappa shape index (κ2) is 9.44. The van der Waals surface area contributed by atoms with Gasteiger partial charge < -0.3 is 10.6 Å². The van der Waals surface area contributed by atoms with Gasteiger partial charge in [-0.1, -0.05) is 47.5 Å². The second-order valence-corrected chi connectivity index (χ2v) is 6.94. The molecule has 0 unspecified atom stereocenters. The summed E-state index contributed by atoms with van der Waals surface area (Å²) in [7, 11) is 0. The molecular weight excluding hydrogens is 379 g/mol. The molecule has 0 atom stereocenters. The van der Waals surface area contributed by atoms with E-state index in [1.54, 1.807) is 0 Å². The highest BCUT2D eigenvalue weighted by molar-refractivity contribution is 6.30. The molecule has 0 saturated carbocycles. The minimum absolute atomic E-state index is 0. The topological polar surface area (TPSA) is 41.1 Å². The molecule has 1 heterocycles. The van der Waals surface area contributed by atoms with Crippen molar-refractivity contribution in [3.05, 3.63) is 69.7 Å². The molecule has 1 saturated heterocycles. The van der Waals surface area contributed by atoms with Crippen LogP contribution in [-0.4, -0.2) is 19.0 Å². The number of amides is 1. The predicted molar refractivity (Wildman–Crippen MR) is 106 cm³/mol. The van der Waals surface area contributed by atoms with E-state index in [9.17, 15) is 4.79 Å². The number of rotatable bonds is 4. The van der Waals surface area contributed by atoms with E-state index in [0.717, 1.165) is 37.1 Å². The van der Waals surface area contributed by atoms with Crippen LogP contribution in [0.4, 0.5) is 0 Å². The Morgan fingerprint density at radius 3 is 1.80 bits per heavy atom. The molecule has 134 valence electrons. The van der Waals surface area contributed by atoms with E-state index in [1.807, 2.05) is 48.5 Å². The van der Waals surface area contributed by atoms with Gasteiger partial charge in [0.15, 0.2) is 0 Å². The maximum atomic E-state index is 12.7. The van der Waals surface area contributed by atoms with Crippen molar-refractivity contribution in [2.75, 3.05) is 13.1 Å². The fourth-order valence-electron chi connectivity index (χ4n) is 3.01. The maximum absolute atomic E-state index is 12.7. The zero-order chi connectivity index (χ0) is 16.9. The molecule has 2 N–H and O–H groups in total. The highest BCUT2D eigenvalue weighted by atomic mass is 35.5. The van der Waals surface area contributed by atoms with Crippen LogP contribution in [0, 0.1) is 5.92 Å². The molecule has 2 aromatic rings. The Kier molecular flexibility index (Phi) is 7.57. The number of carbonyl (C=O) groups is 1. The zero-order valence-electron chi connectivity index (χ0n) is 13.7. The van der Waals surface area contributed by atoms with Crippen molar-refractivity contribution in [3.63, 3.8) is 0 Å². The lowest BCUT2D eigenvalue weighted by Gasteiger charge is -2.26. The third kappa shape index (κ3) is 5.35. The van der Waals surface area contributed by atoms with Crippen molar-refractivity contribution in [1.82, 2.24) is 10.6 Å². The maximum Gasteiger partial charge on any atom is 0.223 e. The third-order valence-corrected chi connectivity index (χ3v) is 4.91. The van der Waals surface area contributed by atoms with E-state index < -0.39 is 0 Å². The summed E-state index contributed by atoms with van der Waals surface area (Å²) in [6, 6.07) is 15.0. The van der Waals surface area contributed by atoms with Gasteiger partial charge in [-0.15, -0.1) is 12.4 Å². The summed E-state index contributed by atoms with van der Waals surface area (Å²) in [5.74, 6) is 0.166. The van der Waals surface area contributed by atoms with Crippen molar-refractivity contribution in [2.24, 2.45) is 5.92 Å². The lowest BCUT2D eigenvalue weighted by molar-refractivity contribution is -0.126. The summed E-state index contributed by atoms with van der Waals surface area (Å²) in [4.78, 5) is 12.7. The van der Waals surface area contributed by atoms with Gasteiger partial charge in [-0.2, -0.15) is 0 Å². The van der Waals surface area contributed by atoms with Crippen LogP contribution in [0.15, 0.2) is 48.5 Å². The first-order valence-electron chi connectivity index (χ1n) is 8.15. The van der Waals surface area contributed by atoms with E-state index >= 15 is 0 Å². The lowest BCUT2D eigenvalue weighted by atomic mass is 9.94. The van der Waals surface area contributed by atoms with Gasteiger partial charge in [-0.05, 0) is 61.3 Å². The molecule has 3 nitrogen and oxygen atoms in total. The Labute approximate surface area is 164 Å². The number of halogens is 3. The number of carbonyl (C=O) groups excluding carboxylic acids is 1. The number of piperidine rings is 1. The third-order valence-electron chi connectivity index (χ3n) is 4.40. The molecule has 0 aromatic heterocycles. The molecule has 1 fully saturated rings. The van der Waals surface area contributed by atoms with Gasteiger partial charge in [0.25, 0.3) is 0 Å². The van der Waals surface area contributed by atoms with Gasteiger partial charge in [0.1, 0.15) is 0 Å². The first-order chi connectivity index (χ1) is 11.6. The highest BCUT2D eigenvalue weighted by Crippen LogP contribution is 2.26. The highest BCUT2D eigenvalue weighted by Gasteiger charge is 2.24. The van der Waals surface area contributed by atoms with Crippen LogP contribution in [0.5, 0.6) is 0 Å². The molecule has 1 amide bonds. The number of nitrogens with one attached hydrogen (secondary N) is 2. The van der Waals surface area contributed by atoms with Crippen LogP contribution < -0.4 is 10.6 Å². The summed E-state index contributed by atoms with van der Waals surface area (Å²) in [6.45, 7) is 1.79. The average molecular weight is 400 g/mol. The van der Waals surface area contributed by atoms with Crippen molar-refractivity contribution in [1.29, 1.82) is 0 Å². The minimum Gasteiger partial charge on any atom is -0.345 e. The standard InChI is InChI=1S/C19H20Cl2N2O.ClH/c20-16-5-1-13(2-6-16)18(14-3-7-17(21)8-4-14)23-19(24)15-9-11-22-12-10-15;/h1-8,15,18,22H,9-12H2,(H,23,24);1H. The Hall–Kier alpha value is -1.26. The van der Waals surface area contributed by atoms with Gasteiger partial charge in [-0.25, -0.2) is 0 Å². The summed E-state index contributed by atoms with van der Waals surface area (Å²) >= 11 is 12.0. The average Bonchev–Trinajstić information content (AvgIpc) is 2.62. The van der Waals surface area contributed by atoms with Crippen molar-refractivity contribution in [2.45, 2.75) is 18.9 Å².